The second-order valence-corrected chi connectivity index (χ2v) is 7.56. The molecule has 1 heterocycles. The molecule has 7 heteroatoms. The van der Waals surface area contributed by atoms with Crippen LogP contribution < -0.4 is 14.9 Å². The van der Waals surface area contributed by atoms with Gasteiger partial charge in [0.25, 0.3) is 0 Å². The Kier molecular flexibility index (Phi) is 6.23. The molecule has 4 aromatic rings. The van der Waals surface area contributed by atoms with E-state index in [-0.39, 0.29) is 5.76 Å². The quantitative estimate of drug-likeness (QED) is 0.263. The highest BCUT2D eigenvalue weighted by molar-refractivity contribution is 9.10. The van der Waals surface area contributed by atoms with Crippen LogP contribution in [0.5, 0.6) is 11.5 Å². The SMILES string of the molecule is CCOc1cc(/C=N/NC(=O)c2cc3c(ccc4ccccc43)o2)cc(Br)c1OCC. The molecule has 1 amide bonds. The smallest absolute Gasteiger partial charge is 0.307 e. The molecule has 3 aromatic carbocycles. The number of hydrogen-bond donors (Lipinski definition) is 1. The van der Waals surface area contributed by atoms with Gasteiger partial charge in [-0.25, -0.2) is 5.43 Å². The predicted molar refractivity (Wildman–Crippen MR) is 125 cm³/mol. The minimum atomic E-state index is -0.424. The maximum absolute atomic E-state index is 12.5. The number of furan rings is 1. The van der Waals surface area contributed by atoms with E-state index in [2.05, 4.69) is 26.5 Å². The number of hydrazone groups is 1. The van der Waals surface area contributed by atoms with Gasteiger partial charge in [0.15, 0.2) is 17.3 Å². The van der Waals surface area contributed by atoms with Crippen LogP contribution in [-0.4, -0.2) is 25.3 Å². The average Bonchev–Trinajstić information content (AvgIpc) is 3.21. The minimum absolute atomic E-state index is 0.200. The highest BCUT2D eigenvalue weighted by Gasteiger charge is 2.14. The lowest BCUT2D eigenvalue weighted by Gasteiger charge is -2.13. The lowest BCUT2D eigenvalue weighted by molar-refractivity contribution is 0.0929. The Labute approximate surface area is 188 Å². The van der Waals surface area contributed by atoms with Crippen molar-refractivity contribution in [3.8, 4) is 11.5 Å². The van der Waals surface area contributed by atoms with Gasteiger partial charge in [0.05, 0.1) is 23.9 Å². The third-order valence-corrected chi connectivity index (χ3v) is 5.24. The van der Waals surface area contributed by atoms with Gasteiger partial charge in [-0.2, -0.15) is 5.10 Å². The summed E-state index contributed by atoms with van der Waals surface area (Å²) in [6.45, 7) is 4.84. The maximum Gasteiger partial charge on any atom is 0.307 e. The Morgan fingerprint density at radius 3 is 2.68 bits per heavy atom. The molecular formula is C24H21BrN2O4. The third kappa shape index (κ3) is 4.41. The number of halogens is 1. The standard InChI is InChI=1S/C24H21BrN2O4/c1-3-29-21-12-15(11-19(25)23(21)30-4-2)14-26-27-24(28)22-13-18-17-8-6-5-7-16(17)9-10-20(18)31-22/h5-14H,3-4H2,1-2H3,(H,27,28)/b26-14+. The molecule has 31 heavy (non-hydrogen) atoms. The van der Waals surface area contributed by atoms with E-state index in [1.807, 2.05) is 62.4 Å². The zero-order valence-corrected chi connectivity index (χ0v) is 18.7. The normalized spacial score (nSPS) is 11.3. The van der Waals surface area contributed by atoms with Crippen molar-refractivity contribution in [2.45, 2.75) is 13.8 Å². The molecule has 0 radical (unpaired) electrons. The molecule has 0 saturated carbocycles. The van der Waals surface area contributed by atoms with Crippen molar-refractivity contribution >= 4 is 49.8 Å². The number of carbonyl (C=O) groups excluding carboxylic acids is 1. The summed E-state index contributed by atoms with van der Waals surface area (Å²) in [5, 5.41) is 7.09. The summed E-state index contributed by atoms with van der Waals surface area (Å²) in [6, 6.07) is 17.2. The number of benzene rings is 3. The second kappa shape index (κ2) is 9.22. The zero-order chi connectivity index (χ0) is 21.8. The van der Waals surface area contributed by atoms with Crippen LogP contribution in [0.3, 0.4) is 0 Å². The topological polar surface area (TPSA) is 73.1 Å². The molecule has 0 atom stereocenters. The molecule has 0 spiro atoms. The Morgan fingerprint density at radius 2 is 1.87 bits per heavy atom. The van der Waals surface area contributed by atoms with Crippen molar-refractivity contribution in [1.29, 1.82) is 0 Å². The fourth-order valence-corrected chi connectivity index (χ4v) is 3.91. The van der Waals surface area contributed by atoms with E-state index in [0.717, 1.165) is 26.2 Å². The van der Waals surface area contributed by atoms with Crippen molar-refractivity contribution in [2.75, 3.05) is 13.2 Å². The van der Waals surface area contributed by atoms with Crippen LogP contribution in [0, 0.1) is 0 Å². The summed E-state index contributed by atoms with van der Waals surface area (Å²) in [6.07, 6.45) is 1.54. The molecule has 0 aliphatic carbocycles. The average molecular weight is 481 g/mol. The van der Waals surface area contributed by atoms with E-state index in [9.17, 15) is 4.79 Å². The number of ether oxygens (including phenoxy) is 2. The molecule has 4 rings (SSSR count). The molecule has 0 aliphatic rings. The van der Waals surface area contributed by atoms with E-state index in [1.54, 1.807) is 12.3 Å². The van der Waals surface area contributed by atoms with Gasteiger partial charge in [-0.15, -0.1) is 0 Å². The first-order valence-electron chi connectivity index (χ1n) is 9.94. The first kappa shape index (κ1) is 20.9. The number of nitrogens with one attached hydrogen (secondary N) is 1. The van der Waals surface area contributed by atoms with Gasteiger partial charge in [-0.1, -0.05) is 30.3 Å². The summed E-state index contributed by atoms with van der Waals surface area (Å²) in [7, 11) is 0. The van der Waals surface area contributed by atoms with Gasteiger partial charge in [0, 0.05) is 5.39 Å². The molecule has 0 aliphatic heterocycles. The third-order valence-electron chi connectivity index (χ3n) is 4.65. The summed E-state index contributed by atoms with van der Waals surface area (Å²) in [5.74, 6) is 1.02. The van der Waals surface area contributed by atoms with Crippen LogP contribution in [-0.2, 0) is 0 Å². The molecule has 0 bridgehead atoms. The summed E-state index contributed by atoms with van der Waals surface area (Å²) < 4.78 is 17.8. The number of hydrogen-bond acceptors (Lipinski definition) is 5. The van der Waals surface area contributed by atoms with Crippen LogP contribution in [0.25, 0.3) is 21.7 Å². The highest BCUT2D eigenvalue weighted by Crippen LogP contribution is 2.36. The molecule has 0 saturated heterocycles. The summed E-state index contributed by atoms with van der Waals surface area (Å²) in [5.41, 5.74) is 3.92. The van der Waals surface area contributed by atoms with Gasteiger partial charge in [-0.05, 0) is 70.4 Å². The maximum atomic E-state index is 12.5. The molecule has 0 unspecified atom stereocenters. The zero-order valence-electron chi connectivity index (χ0n) is 17.1. The Hall–Kier alpha value is -3.32. The second-order valence-electron chi connectivity index (χ2n) is 6.70. The van der Waals surface area contributed by atoms with Gasteiger partial charge < -0.3 is 13.9 Å². The Morgan fingerprint density at radius 1 is 1.06 bits per heavy atom. The van der Waals surface area contributed by atoms with E-state index in [0.29, 0.717) is 30.3 Å². The molecule has 1 aromatic heterocycles. The molecule has 158 valence electrons. The van der Waals surface area contributed by atoms with Crippen molar-refractivity contribution in [1.82, 2.24) is 5.43 Å². The van der Waals surface area contributed by atoms with Gasteiger partial charge >= 0.3 is 5.91 Å². The van der Waals surface area contributed by atoms with E-state index >= 15 is 0 Å². The van der Waals surface area contributed by atoms with Gasteiger partial charge in [0.1, 0.15) is 5.58 Å². The first-order valence-corrected chi connectivity index (χ1v) is 10.7. The van der Waals surface area contributed by atoms with Crippen molar-refractivity contribution in [3.63, 3.8) is 0 Å². The van der Waals surface area contributed by atoms with Crippen molar-refractivity contribution < 1.29 is 18.7 Å². The van der Waals surface area contributed by atoms with Crippen molar-refractivity contribution in [2.24, 2.45) is 5.10 Å². The summed E-state index contributed by atoms with van der Waals surface area (Å²) in [4.78, 5) is 12.5. The Bertz CT molecular complexity index is 1280. The van der Waals surface area contributed by atoms with Crippen LogP contribution in [0.4, 0.5) is 0 Å². The number of amides is 1. The molecule has 0 fully saturated rings. The van der Waals surface area contributed by atoms with Crippen LogP contribution >= 0.6 is 15.9 Å². The van der Waals surface area contributed by atoms with Gasteiger partial charge in [-0.3, -0.25) is 4.79 Å². The number of rotatable bonds is 7. The lowest BCUT2D eigenvalue weighted by atomic mass is 10.1. The fraction of sp³-hybridized carbons (Fsp3) is 0.167. The lowest BCUT2D eigenvalue weighted by Crippen LogP contribution is -2.16. The van der Waals surface area contributed by atoms with E-state index in [4.69, 9.17) is 13.9 Å². The molecule has 1 N–H and O–H groups in total. The first-order chi connectivity index (χ1) is 15.1. The fourth-order valence-electron chi connectivity index (χ4n) is 3.33. The molecule has 6 nitrogen and oxygen atoms in total. The molecular weight excluding hydrogens is 460 g/mol. The minimum Gasteiger partial charge on any atom is -0.490 e. The predicted octanol–water partition coefficient (Wildman–Crippen LogP) is 5.91. The van der Waals surface area contributed by atoms with Crippen molar-refractivity contribution in [3.05, 3.63) is 70.4 Å². The van der Waals surface area contributed by atoms with E-state index < -0.39 is 5.91 Å². The highest BCUT2D eigenvalue weighted by atomic mass is 79.9. The van der Waals surface area contributed by atoms with Crippen LogP contribution in [0.15, 0.2) is 68.6 Å². The Balaban J connectivity index is 1.54. The largest absolute Gasteiger partial charge is 0.490 e. The summed E-state index contributed by atoms with van der Waals surface area (Å²) >= 11 is 3.50. The monoisotopic (exact) mass is 480 g/mol. The van der Waals surface area contributed by atoms with Crippen LogP contribution in [0.1, 0.15) is 30.0 Å². The van der Waals surface area contributed by atoms with Crippen LogP contribution in [0.2, 0.25) is 0 Å². The number of fused-ring (bicyclic) bond motifs is 3. The number of nitrogens with zero attached hydrogens (tertiary/aromatic N) is 1. The van der Waals surface area contributed by atoms with E-state index in [1.165, 1.54) is 0 Å². The number of carbonyl (C=O) groups is 1. The van der Waals surface area contributed by atoms with Gasteiger partial charge in [0.2, 0.25) is 0 Å².